The number of epoxide rings is 1. The van der Waals surface area contributed by atoms with Crippen LogP contribution < -0.4 is 0 Å². The van der Waals surface area contributed by atoms with Crippen LogP contribution in [0.25, 0.3) is 0 Å². The molecule has 2 saturated heterocycles. The average molecular weight is 308 g/mol. The van der Waals surface area contributed by atoms with Crippen molar-refractivity contribution in [1.29, 1.82) is 0 Å². The lowest BCUT2D eigenvalue weighted by atomic mass is 9.52. The van der Waals surface area contributed by atoms with Gasteiger partial charge in [0.15, 0.2) is 0 Å². The fourth-order valence-electron chi connectivity index (χ4n) is 5.32. The molecule has 0 aromatic carbocycles. The molecular weight excluding hydrogens is 284 g/mol. The van der Waals surface area contributed by atoms with Crippen molar-refractivity contribution in [3.05, 3.63) is 11.6 Å². The van der Waals surface area contributed by atoms with Crippen molar-refractivity contribution in [2.75, 3.05) is 13.2 Å². The number of allylic oxidation sites excluding steroid dienone is 1. The molecule has 3 fully saturated rings. The molecule has 1 saturated carbocycles. The molecule has 0 radical (unpaired) electrons. The highest BCUT2D eigenvalue weighted by molar-refractivity contribution is 5.66. The highest BCUT2D eigenvalue weighted by Gasteiger charge is 2.81. The molecule has 2 bridgehead atoms. The van der Waals surface area contributed by atoms with Crippen LogP contribution in [-0.4, -0.2) is 48.2 Å². The summed E-state index contributed by atoms with van der Waals surface area (Å²) >= 11 is 0. The van der Waals surface area contributed by atoms with E-state index in [9.17, 15) is 9.90 Å². The molecule has 4 aliphatic rings. The number of aliphatic hydroxyl groups excluding tert-OH is 1. The molecule has 0 amide bonds. The zero-order valence-corrected chi connectivity index (χ0v) is 13.4. The summed E-state index contributed by atoms with van der Waals surface area (Å²) in [6, 6.07) is 0. The molecule has 5 heteroatoms. The van der Waals surface area contributed by atoms with Crippen molar-refractivity contribution in [1.82, 2.24) is 0 Å². The van der Waals surface area contributed by atoms with Crippen LogP contribution in [0.2, 0.25) is 0 Å². The first-order chi connectivity index (χ1) is 10.4. The van der Waals surface area contributed by atoms with E-state index in [-0.39, 0.29) is 41.7 Å². The Morgan fingerprint density at radius 1 is 1.55 bits per heavy atom. The Hall–Kier alpha value is -0.910. The molecule has 2 aliphatic carbocycles. The van der Waals surface area contributed by atoms with E-state index in [0.717, 1.165) is 12.8 Å². The molecular formula is C17H24O5. The zero-order valence-electron chi connectivity index (χ0n) is 13.4. The molecule has 22 heavy (non-hydrogen) atoms. The van der Waals surface area contributed by atoms with Gasteiger partial charge in [-0.3, -0.25) is 4.79 Å². The fraction of sp³-hybridized carbons (Fsp3) is 0.824. The summed E-state index contributed by atoms with van der Waals surface area (Å²) < 4.78 is 17.8. The van der Waals surface area contributed by atoms with Crippen LogP contribution in [0, 0.1) is 10.8 Å². The molecule has 122 valence electrons. The molecule has 1 N–H and O–H groups in total. The van der Waals surface area contributed by atoms with Gasteiger partial charge in [-0.1, -0.05) is 18.6 Å². The third-order valence-corrected chi connectivity index (χ3v) is 6.73. The van der Waals surface area contributed by atoms with Gasteiger partial charge in [-0.25, -0.2) is 0 Å². The van der Waals surface area contributed by atoms with Gasteiger partial charge in [-0.05, 0) is 26.2 Å². The summed E-state index contributed by atoms with van der Waals surface area (Å²) in [7, 11) is 0. The summed E-state index contributed by atoms with van der Waals surface area (Å²) in [6.45, 7) is 6.43. The predicted molar refractivity (Wildman–Crippen MR) is 78.1 cm³/mol. The van der Waals surface area contributed by atoms with E-state index < -0.39 is 5.60 Å². The molecule has 2 heterocycles. The minimum absolute atomic E-state index is 0.0720. The lowest BCUT2D eigenvalue weighted by molar-refractivity contribution is -0.218. The van der Waals surface area contributed by atoms with E-state index in [4.69, 9.17) is 14.2 Å². The van der Waals surface area contributed by atoms with Crippen LogP contribution >= 0.6 is 0 Å². The Morgan fingerprint density at radius 2 is 2.27 bits per heavy atom. The zero-order chi connectivity index (χ0) is 15.8. The largest absolute Gasteiger partial charge is 0.460 e. The number of carbonyl (C=O) groups excluding carboxylic acids is 1. The summed E-state index contributed by atoms with van der Waals surface area (Å²) in [6.07, 6.45) is 4.06. The maximum absolute atomic E-state index is 11.5. The Morgan fingerprint density at radius 3 is 2.86 bits per heavy atom. The molecule has 4 rings (SSSR count). The summed E-state index contributed by atoms with van der Waals surface area (Å²) in [5.41, 5.74) is 0.313. The first kappa shape index (κ1) is 14.7. The van der Waals surface area contributed by atoms with Crippen molar-refractivity contribution < 1.29 is 24.1 Å². The number of aliphatic hydroxyl groups is 1. The fourth-order valence-corrected chi connectivity index (χ4v) is 5.32. The first-order valence-electron chi connectivity index (χ1n) is 8.13. The number of carbonyl (C=O) groups is 1. The van der Waals surface area contributed by atoms with Crippen LogP contribution in [0.15, 0.2) is 11.6 Å². The van der Waals surface area contributed by atoms with E-state index in [1.165, 1.54) is 12.5 Å². The van der Waals surface area contributed by atoms with E-state index in [0.29, 0.717) is 13.0 Å². The summed E-state index contributed by atoms with van der Waals surface area (Å²) in [4.78, 5) is 11.5. The number of fused-ring (bicyclic) bond motifs is 2. The Balaban J connectivity index is 1.80. The first-order valence-corrected chi connectivity index (χ1v) is 8.13. The molecule has 5 nitrogen and oxygen atoms in total. The van der Waals surface area contributed by atoms with Gasteiger partial charge < -0.3 is 19.3 Å². The van der Waals surface area contributed by atoms with Crippen molar-refractivity contribution in [3.8, 4) is 0 Å². The van der Waals surface area contributed by atoms with E-state index >= 15 is 0 Å². The van der Waals surface area contributed by atoms with Gasteiger partial charge in [0.1, 0.15) is 17.8 Å². The van der Waals surface area contributed by atoms with Gasteiger partial charge >= 0.3 is 5.97 Å². The van der Waals surface area contributed by atoms with Gasteiger partial charge in [0.05, 0.1) is 19.3 Å². The molecule has 0 aromatic rings. The quantitative estimate of drug-likeness (QED) is 0.476. The van der Waals surface area contributed by atoms with Crippen LogP contribution in [0.5, 0.6) is 0 Å². The third kappa shape index (κ3) is 1.52. The number of rotatable bonds is 2. The second-order valence-electron chi connectivity index (χ2n) is 7.67. The summed E-state index contributed by atoms with van der Waals surface area (Å²) in [5, 5.41) is 10.3. The average Bonchev–Trinajstić information content (AvgIpc) is 3.21. The van der Waals surface area contributed by atoms with Gasteiger partial charge in [-0.15, -0.1) is 0 Å². The number of hydrogen-bond donors (Lipinski definition) is 1. The standard InChI is InChI=1S/C17H24O5/c1-10-4-5-16(8-18)13(6-10)22-14-12(21-11(2)19)7-15(16,3)17(14)9-20-17/h6,12-14,18H,4-5,7-9H2,1-3H3. The SMILES string of the molecule is CC(=O)OC1CC2(C)C3(CO)CCC(C)=CC3OC1C21CO1. The number of ether oxygens (including phenoxy) is 3. The van der Waals surface area contributed by atoms with Crippen LogP contribution in [-0.2, 0) is 19.0 Å². The van der Waals surface area contributed by atoms with Crippen LogP contribution in [0.4, 0.5) is 0 Å². The van der Waals surface area contributed by atoms with Crippen molar-refractivity contribution >= 4 is 5.97 Å². The smallest absolute Gasteiger partial charge is 0.302 e. The molecule has 6 unspecified atom stereocenters. The van der Waals surface area contributed by atoms with E-state index in [1.54, 1.807) is 0 Å². The predicted octanol–water partition coefficient (Wildman–Crippen LogP) is 1.58. The Kier molecular flexibility index (Phi) is 2.89. The highest BCUT2D eigenvalue weighted by Crippen LogP contribution is 2.71. The highest BCUT2D eigenvalue weighted by atomic mass is 16.7. The minimum Gasteiger partial charge on any atom is -0.460 e. The van der Waals surface area contributed by atoms with Crippen molar-refractivity contribution in [3.63, 3.8) is 0 Å². The van der Waals surface area contributed by atoms with Crippen LogP contribution in [0.1, 0.15) is 40.0 Å². The van der Waals surface area contributed by atoms with Crippen molar-refractivity contribution in [2.45, 2.75) is 63.9 Å². The molecule has 6 atom stereocenters. The van der Waals surface area contributed by atoms with E-state index in [1.807, 2.05) is 0 Å². The molecule has 1 spiro atoms. The third-order valence-electron chi connectivity index (χ3n) is 6.73. The lowest BCUT2D eigenvalue weighted by Crippen LogP contribution is -2.64. The topological polar surface area (TPSA) is 68.3 Å². The van der Waals surface area contributed by atoms with Gasteiger partial charge in [0.25, 0.3) is 0 Å². The number of esters is 1. The minimum atomic E-state index is -0.397. The van der Waals surface area contributed by atoms with Gasteiger partial charge in [0.2, 0.25) is 0 Å². The molecule has 2 aliphatic heterocycles. The second-order valence-corrected chi connectivity index (χ2v) is 7.67. The Labute approximate surface area is 130 Å². The van der Waals surface area contributed by atoms with Gasteiger partial charge in [-0.2, -0.15) is 0 Å². The summed E-state index contributed by atoms with van der Waals surface area (Å²) in [5.74, 6) is -0.284. The maximum Gasteiger partial charge on any atom is 0.302 e. The van der Waals surface area contributed by atoms with Crippen LogP contribution in [0.3, 0.4) is 0 Å². The maximum atomic E-state index is 11.5. The monoisotopic (exact) mass is 308 g/mol. The normalized spacial score (nSPS) is 52.2. The molecule has 0 aromatic heterocycles. The lowest BCUT2D eigenvalue weighted by Gasteiger charge is -2.57. The van der Waals surface area contributed by atoms with Gasteiger partial charge in [0, 0.05) is 17.8 Å². The number of hydrogen-bond acceptors (Lipinski definition) is 5. The van der Waals surface area contributed by atoms with E-state index in [2.05, 4.69) is 19.9 Å². The Bertz CT molecular complexity index is 551. The van der Waals surface area contributed by atoms with Crippen molar-refractivity contribution in [2.24, 2.45) is 10.8 Å². The second kappa shape index (κ2) is 4.34.